The van der Waals surface area contributed by atoms with Crippen molar-refractivity contribution in [3.8, 4) is 0 Å². The van der Waals surface area contributed by atoms with Gasteiger partial charge >= 0.3 is 0 Å². The van der Waals surface area contributed by atoms with E-state index in [1.165, 1.54) is 12.8 Å². The molecule has 8 heteroatoms. The largest absolute Gasteiger partial charge is 0.363 e. The average Bonchev–Trinajstić information content (AvgIpc) is 3.32. The van der Waals surface area contributed by atoms with Gasteiger partial charge in [0.25, 0.3) is 0 Å². The lowest BCUT2D eigenvalue weighted by atomic mass is 10.3. The lowest BCUT2D eigenvalue weighted by Gasteiger charge is -2.35. The summed E-state index contributed by atoms with van der Waals surface area (Å²) in [6.45, 7) is 3.81. The molecule has 0 spiro atoms. The zero-order chi connectivity index (χ0) is 15.8. The number of rotatable bonds is 4. The Morgan fingerprint density at radius 3 is 2.52 bits per heavy atom. The molecule has 7 nitrogen and oxygen atoms in total. The normalized spacial score (nSPS) is 18.3. The van der Waals surface area contributed by atoms with E-state index in [0.29, 0.717) is 5.92 Å². The van der Waals surface area contributed by atoms with Crippen LogP contribution in [0.3, 0.4) is 0 Å². The van der Waals surface area contributed by atoms with E-state index in [9.17, 15) is 0 Å². The van der Waals surface area contributed by atoms with Crippen LogP contribution in [0, 0.1) is 0 Å². The van der Waals surface area contributed by atoms with Crippen molar-refractivity contribution < 1.29 is 0 Å². The fourth-order valence-corrected chi connectivity index (χ4v) is 3.54. The van der Waals surface area contributed by atoms with Crippen molar-refractivity contribution in [3.63, 3.8) is 0 Å². The van der Waals surface area contributed by atoms with E-state index < -0.39 is 0 Å². The number of hydrogen-bond acceptors (Lipinski definition) is 8. The first-order chi connectivity index (χ1) is 11.2. The molecule has 23 heavy (non-hydrogen) atoms. The maximum atomic E-state index is 4.71. The first-order valence-electron chi connectivity index (χ1n) is 8.03. The number of nitrogens with zero attached hydrogens (tertiary/aromatic N) is 7. The molecule has 2 aromatic rings. The van der Waals surface area contributed by atoms with Gasteiger partial charge in [0.2, 0.25) is 5.13 Å². The number of hydrogen-bond donors (Lipinski definition) is 0. The summed E-state index contributed by atoms with van der Waals surface area (Å²) in [5.74, 6) is 3.63. The van der Waals surface area contributed by atoms with Crippen LogP contribution in [0.15, 0.2) is 12.4 Å². The van der Waals surface area contributed by atoms with E-state index in [2.05, 4.69) is 24.1 Å². The van der Waals surface area contributed by atoms with Crippen LogP contribution in [0.4, 0.5) is 16.8 Å². The molecule has 122 valence electrons. The van der Waals surface area contributed by atoms with E-state index in [1.54, 1.807) is 17.9 Å². The molecular formula is C15H21N7S. The van der Waals surface area contributed by atoms with Gasteiger partial charge in [-0.05, 0) is 12.8 Å². The average molecular weight is 331 g/mol. The van der Waals surface area contributed by atoms with Crippen LogP contribution in [0.2, 0.25) is 0 Å². The molecule has 2 aliphatic rings. The SMILES string of the molecule is CN(C)c1cc(N2CCN(c3nc(C4CC4)ns3)CC2)ncn1. The summed E-state index contributed by atoms with van der Waals surface area (Å²) < 4.78 is 4.51. The molecular weight excluding hydrogens is 310 g/mol. The molecule has 0 amide bonds. The molecule has 2 aromatic heterocycles. The second-order valence-corrected chi connectivity index (χ2v) is 7.04. The van der Waals surface area contributed by atoms with Crippen molar-refractivity contribution in [1.29, 1.82) is 0 Å². The molecule has 1 saturated heterocycles. The maximum Gasteiger partial charge on any atom is 0.205 e. The summed E-state index contributed by atoms with van der Waals surface area (Å²) in [4.78, 5) is 20.1. The molecule has 0 bridgehead atoms. The first kappa shape index (κ1) is 14.6. The standard InChI is InChI=1S/C15H21N7S/c1-20(2)12-9-13(17-10-16-12)21-5-7-22(8-6-21)15-18-14(19-23-15)11-3-4-11/h9-11H,3-8H2,1-2H3. The van der Waals surface area contributed by atoms with Gasteiger partial charge in [-0.15, -0.1) is 0 Å². The van der Waals surface area contributed by atoms with Gasteiger partial charge in [0.1, 0.15) is 23.8 Å². The fraction of sp³-hybridized carbons (Fsp3) is 0.600. The minimum atomic E-state index is 0.631. The van der Waals surface area contributed by atoms with Crippen LogP contribution >= 0.6 is 11.5 Å². The third kappa shape index (κ3) is 3.08. The minimum Gasteiger partial charge on any atom is -0.363 e. The van der Waals surface area contributed by atoms with Gasteiger partial charge in [-0.25, -0.2) is 15.0 Å². The van der Waals surface area contributed by atoms with Crippen molar-refractivity contribution in [3.05, 3.63) is 18.2 Å². The molecule has 0 aromatic carbocycles. The highest BCUT2D eigenvalue weighted by Crippen LogP contribution is 2.39. The van der Waals surface area contributed by atoms with E-state index in [0.717, 1.165) is 48.8 Å². The Kier molecular flexibility index (Phi) is 3.76. The summed E-state index contributed by atoms with van der Waals surface area (Å²) in [6, 6.07) is 2.05. The Bertz CT molecular complexity index is 674. The molecule has 2 fully saturated rings. The van der Waals surface area contributed by atoms with Gasteiger partial charge in [-0.1, -0.05) is 0 Å². The molecule has 1 aliphatic heterocycles. The Morgan fingerprint density at radius 2 is 1.83 bits per heavy atom. The smallest absolute Gasteiger partial charge is 0.205 e. The molecule has 0 N–H and O–H groups in total. The maximum absolute atomic E-state index is 4.71. The summed E-state index contributed by atoms with van der Waals surface area (Å²) in [6.07, 6.45) is 4.15. The first-order valence-corrected chi connectivity index (χ1v) is 8.81. The summed E-state index contributed by atoms with van der Waals surface area (Å²) >= 11 is 1.54. The van der Waals surface area contributed by atoms with Crippen molar-refractivity contribution in [2.75, 3.05) is 55.0 Å². The predicted octanol–water partition coefficient (Wildman–Crippen LogP) is 1.60. The minimum absolute atomic E-state index is 0.631. The summed E-state index contributed by atoms with van der Waals surface area (Å²) in [7, 11) is 3.99. The van der Waals surface area contributed by atoms with Crippen LogP contribution in [0.1, 0.15) is 24.6 Å². The monoisotopic (exact) mass is 331 g/mol. The van der Waals surface area contributed by atoms with Crippen LogP contribution in [0.25, 0.3) is 0 Å². The highest BCUT2D eigenvalue weighted by molar-refractivity contribution is 7.09. The zero-order valence-corrected chi connectivity index (χ0v) is 14.3. The topological polar surface area (TPSA) is 61.3 Å². The van der Waals surface area contributed by atoms with Crippen LogP contribution in [-0.2, 0) is 0 Å². The summed E-state index contributed by atoms with van der Waals surface area (Å²) in [5.41, 5.74) is 0. The van der Waals surface area contributed by atoms with Gasteiger partial charge in [-0.2, -0.15) is 4.37 Å². The second-order valence-electron chi connectivity index (χ2n) is 6.31. The zero-order valence-electron chi connectivity index (χ0n) is 13.5. The Hall–Kier alpha value is -1.96. The highest BCUT2D eigenvalue weighted by Gasteiger charge is 2.29. The van der Waals surface area contributed by atoms with Crippen LogP contribution in [0.5, 0.6) is 0 Å². The molecule has 3 heterocycles. The molecule has 0 radical (unpaired) electrons. The van der Waals surface area contributed by atoms with Gasteiger partial charge in [0, 0.05) is 63.8 Å². The second kappa shape index (κ2) is 5.92. The van der Waals surface area contributed by atoms with E-state index in [4.69, 9.17) is 4.98 Å². The number of anilines is 3. The molecule has 0 unspecified atom stereocenters. The highest BCUT2D eigenvalue weighted by atomic mass is 32.1. The summed E-state index contributed by atoms with van der Waals surface area (Å²) in [5, 5.41) is 1.07. The quantitative estimate of drug-likeness (QED) is 0.843. The third-order valence-corrected chi connectivity index (χ3v) is 5.14. The molecule has 1 saturated carbocycles. The number of piperazine rings is 1. The molecule has 1 aliphatic carbocycles. The van der Waals surface area contributed by atoms with Gasteiger partial charge in [0.15, 0.2) is 0 Å². The lowest BCUT2D eigenvalue weighted by Crippen LogP contribution is -2.46. The number of aromatic nitrogens is 4. The molecule has 4 rings (SSSR count). The Balaban J connectivity index is 1.41. The van der Waals surface area contributed by atoms with Crippen molar-refractivity contribution in [1.82, 2.24) is 19.3 Å². The third-order valence-electron chi connectivity index (χ3n) is 4.34. The fourth-order valence-electron chi connectivity index (χ4n) is 2.74. The van der Waals surface area contributed by atoms with Gasteiger partial charge < -0.3 is 14.7 Å². The Labute approximate surface area is 140 Å². The predicted molar refractivity (Wildman–Crippen MR) is 92.7 cm³/mol. The Morgan fingerprint density at radius 1 is 1.09 bits per heavy atom. The van der Waals surface area contributed by atoms with Gasteiger partial charge in [0.05, 0.1) is 0 Å². The van der Waals surface area contributed by atoms with Crippen molar-refractivity contribution in [2.24, 2.45) is 0 Å². The van der Waals surface area contributed by atoms with Gasteiger partial charge in [-0.3, -0.25) is 0 Å². The lowest BCUT2D eigenvalue weighted by molar-refractivity contribution is 0.644. The van der Waals surface area contributed by atoms with Crippen LogP contribution in [-0.4, -0.2) is 59.6 Å². The van der Waals surface area contributed by atoms with E-state index >= 15 is 0 Å². The van der Waals surface area contributed by atoms with E-state index in [1.807, 2.05) is 25.1 Å². The van der Waals surface area contributed by atoms with E-state index in [-0.39, 0.29) is 0 Å². The van der Waals surface area contributed by atoms with Crippen molar-refractivity contribution >= 4 is 28.3 Å². The van der Waals surface area contributed by atoms with Crippen molar-refractivity contribution in [2.45, 2.75) is 18.8 Å². The van der Waals surface area contributed by atoms with Crippen LogP contribution < -0.4 is 14.7 Å². The molecule has 0 atom stereocenters.